The molecule has 4 nitrogen and oxygen atoms in total. The van der Waals surface area contributed by atoms with Crippen molar-refractivity contribution in [2.75, 3.05) is 5.75 Å². The Labute approximate surface area is 133 Å². The lowest BCUT2D eigenvalue weighted by Gasteiger charge is -2.16. The summed E-state index contributed by atoms with van der Waals surface area (Å²) in [5.41, 5.74) is 5.93. The van der Waals surface area contributed by atoms with E-state index in [4.69, 9.17) is 5.73 Å². The van der Waals surface area contributed by atoms with Gasteiger partial charge in [0.2, 0.25) is 5.91 Å². The van der Waals surface area contributed by atoms with Crippen molar-refractivity contribution in [1.82, 2.24) is 5.32 Å². The molecule has 122 valence electrons. The minimum atomic E-state index is -0.379. The van der Waals surface area contributed by atoms with E-state index in [2.05, 4.69) is 5.32 Å². The highest BCUT2D eigenvalue weighted by molar-refractivity contribution is 8.13. The molecule has 1 aliphatic carbocycles. The Balaban J connectivity index is 2.01. The molecule has 3 N–H and O–H groups in total. The smallest absolute Gasteiger partial charge is 0.237 e. The predicted molar refractivity (Wildman–Crippen MR) is 89.1 cm³/mol. The van der Waals surface area contributed by atoms with Gasteiger partial charge in [0, 0.05) is 17.7 Å². The van der Waals surface area contributed by atoms with Gasteiger partial charge in [0.15, 0.2) is 5.12 Å². The zero-order chi connectivity index (χ0) is 15.7. The van der Waals surface area contributed by atoms with Crippen molar-refractivity contribution in [3.63, 3.8) is 0 Å². The standard InChI is InChI=1S/C16H30N2O2S/c1-12(2)16(20)21-11-7-3-4-10-14(17)15(19)18-13-8-5-6-9-13/h12-14H,3-11,17H2,1-2H3,(H,18,19)/t14-/m0/s1. The molecular formula is C16H30N2O2S. The Bertz CT molecular complexity index is 328. The Hall–Kier alpha value is -0.550. The van der Waals surface area contributed by atoms with Gasteiger partial charge in [0.25, 0.3) is 0 Å². The van der Waals surface area contributed by atoms with Crippen LogP contribution in [0.5, 0.6) is 0 Å². The van der Waals surface area contributed by atoms with Crippen LogP contribution in [0.25, 0.3) is 0 Å². The number of hydrogen-bond donors (Lipinski definition) is 2. The number of hydrogen-bond acceptors (Lipinski definition) is 4. The molecule has 0 unspecified atom stereocenters. The van der Waals surface area contributed by atoms with E-state index in [1.54, 1.807) is 0 Å². The highest BCUT2D eigenvalue weighted by Gasteiger charge is 2.20. The van der Waals surface area contributed by atoms with Crippen LogP contribution in [-0.4, -0.2) is 28.9 Å². The molecule has 0 aliphatic heterocycles. The van der Waals surface area contributed by atoms with Crippen molar-refractivity contribution in [3.8, 4) is 0 Å². The summed E-state index contributed by atoms with van der Waals surface area (Å²) in [6.07, 6.45) is 8.36. The van der Waals surface area contributed by atoms with Crippen molar-refractivity contribution in [1.29, 1.82) is 0 Å². The molecule has 1 fully saturated rings. The van der Waals surface area contributed by atoms with Gasteiger partial charge in [0.05, 0.1) is 6.04 Å². The van der Waals surface area contributed by atoms with Crippen LogP contribution in [0, 0.1) is 5.92 Å². The monoisotopic (exact) mass is 314 g/mol. The van der Waals surface area contributed by atoms with Gasteiger partial charge < -0.3 is 11.1 Å². The molecule has 21 heavy (non-hydrogen) atoms. The fourth-order valence-electron chi connectivity index (χ4n) is 2.49. The molecule has 0 aromatic carbocycles. The number of unbranched alkanes of at least 4 members (excludes halogenated alkanes) is 2. The second-order valence-corrected chi connectivity index (χ2v) is 7.37. The summed E-state index contributed by atoms with van der Waals surface area (Å²) < 4.78 is 0. The molecular weight excluding hydrogens is 284 g/mol. The minimum absolute atomic E-state index is 0.00580. The van der Waals surface area contributed by atoms with E-state index in [9.17, 15) is 9.59 Å². The number of nitrogens with two attached hydrogens (primary N) is 1. The molecule has 1 atom stereocenters. The Morgan fingerprint density at radius 2 is 1.86 bits per heavy atom. The number of thioether (sulfide) groups is 1. The first-order valence-electron chi connectivity index (χ1n) is 8.23. The van der Waals surface area contributed by atoms with E-state index in [0.29, 0.717) is 6.04 Å². The van der Waals surface area contributed by atoms with Crippen LogP contribution >= 0.6 is 11.8 Å². The van der Waals surface area contributed by atoms with E-state index in [1.807, 2.05) is 13.8 Å². The first-order chi connectivity index (χ1) is 10.0. The number of amides is 1. The molecule has 1 amide bonds. The lowest BCUT2D eigenvalue weighted by Crippen LogP contribution is -2.44. The van der Waals surface area contributed by atoms with Gasteiger partial charge in [0.1, 0.15) is 0 Å². The molecule has 1 aliphatic rings. The lowest BCUT2D eigenvalue weighted by atomic mass is 10.1. The van der Waals surface area contributed by atoms with Crippen molar-refractivity contribution in [3.05, 3.63) is 0 Å². The fourth-order valence-corrected chi connectivity index (χ4v) is 3.37. The van der Waals surface area contributed by atoms with E-state index < -0.39 is 0 Å². The van der Waals surface area contributed by atoms with Gasteiger partial charge in [-0.2, -0.15) is 0 Å². The van der Waals surface area contributed by atoms with Gasteiger partial charge in [-0.05, 0) is 25.7 Å². The zero-order valence-electron chi connectivity index (χ0n) is 13.4. The van der Waals surface area contributed by atoms with Crippen molar-refractivity contribution >= 4 is 22.8 Å². The number of carbonyl (C=O) groups excluding carboxylic acids is 2. The van der Waals surface area contributed by atoms with Gasteiger partial charge in [-0.3, -0.25) is 9.59 Å². The summed E-state index contributed by atoms with van der Waals surface area (Å²) in [4.78, 5) is 23.3. The maximum Gasteiger partial charge on any atom is 0.237 e. The quantitative estimate of drug-likeness (QED) is 0.642. The summed E-state index contributed by atoms with van der Waals surface area (Å²) >= 11 is 1.42. The molecule has 0 aromatic rings. The van der Waals surface area contributed by atoms with E-state index in [1.165, 1.54) is 24.6 Å². The fraction of sp³-hybridized carbons (Fsp3) is 0.875. The van der Waals surface area contributed by atoms with Gasteiger partial charge >= 0.3 is 0 Å². The molecule has 0 aromatic heterocycles. The third-order valence-electron chi connectivity index (χ3n) is 3.91. The topological polar surface area (TPSA) is 72.2 Å². The van der Waals surface area contributed by atoms with Crippen LogP contribution in [0.4, 0.5) is 0 Å². The Kier molecular flexibility index (Phi) is 9.00. The number of rotatable bonds is 9. The molecule has 0 spiro atoms. The van der Waals surface area contributed by atoms with Crippen LogP contribution in [0.15, 0.2) is 0 Å². The molecule has 0 bridgehead atoms. The normalized spacial score (nSPS) is 17.1. The second kappa shape index (κ2) is 10.2. The molecule has 0 saturated heterocycles. The van der Waals surface area contributed by atoms with Crippen molar-refractivity contribution in [2.24, 2.45) is 11.7 Å². The third-order valence-corrected chi connectivity index (χ3v) is 5.16. The largest absolute Gasteiger partial charge is 0.352 e. The first kappa shape index (κ1) is 18.5. The third kappa shape index (κ3) is 7.86. The molecule has 1 saturated carbocycles. The predicted octanol–water partition coefficient (Wildman–Crippen LogP) is 2.85. The van der Waals surface area contributed by atoms with Crippen LogP contribution in [-0.2, 0) is 9.59 Å². The minimum Gasteiger partial charge on any atom is -0.352 e. The van der Waals surface area contributed by atoms with Gasteiger partial charge in [-0.15, -0.1) is 0 Å². The summed E-state index contributed by atoms with van der Waals surface area (Å²) in [5.74, 6) is 0.995. The van der Waals surface area contributed by atoms with Gasteiger partial charge in [-0.1, -0.05) is 51.3 Å². The molecule has 0 heterocycles. The van der Waals surface area contributed by atoms with Crippen LogP contribution in [0.2, 0.25) is 0 Å². The SMILES string of the molecule is CC(C)C(=O)SCCCCC[C@H](N)C(=O)NC1CCCC1. The average molecular weight is 314 g/mol. The van der Waals surface area contributed by atoms with E-state index in [-0.39, 0.29) is 23.0 Å². The van der Waals surface area contributed by atoms with Gasteiger partial charge in [-0.25, -0.2) is 0 Å². The first-order valence-corrected chi connectivity index (χ1v) is 9.22. The van der Waals surface area contributed by atoms with E-state index in [0.717, 1.165) is 44.3 Å². The summed E-state index contributed by atoms with van der Waals surface area (Å²) in [6.45, 7) is 3.86. The van der Waals surface area contributed by atoms with Crippen LogP contribution < -0.4 is 11.1 Å². The molecule has 0 radical (unpaired) electrons. The summed E-state index contributed by atoms with van der Waals surface area (Å²) in [7, 11) is 0. The maximum absolute atomic E-state index is 11.9. The summed E-state index contributed by atoms with van der Waals surface area (Å²) in [5, 5.41) is 3.31. The Morgan fingerprint density at radius 1 is 1.19 bits per heavy atom. The van der Waals surface area contributed by atoms with Crippen LogP contribution in [0.3, 0.4) is 0 Å². The molecule has 1 rings (SSSR count). The Morgan fingerprint density at radius 3 is 2.48 bits per heavy atom. The summed E-state index contributed by atoms with van der Waals surface area (Å²) in [6, 6.07) is -0.0301. The second-order valence-electron chi connectivity index (χ2n) is 6.27. The molecule has 5 heteroatoms. The number of carbonyl (C=O) groups is 2. The maximum atomic E-state index is 11.9. The van der Waals surface area contributed by atoms with Crippen molar-refractivity contribution < 1.29 is 9.59 Å². The van der Waals surface area contributed by atoms with E-state index >= 15 is 0 Å². The highest BCUT2D eigenvalue weighted by Crippen LogP contribution is 2.18. The highest BCUT2D eigenvalue weighted by atomic mass is 32.2. The average Bonchev–Trinajstić information content (AvgIpc) is 2.94. The van der Waals surface area contributed by atoms with Crippen molar-refractivity contribution in [2.45, 2.75) is 77.3 Å². The zero-order valence-corrected chi connectivity index (χ0v) is 14.2. The number of nitrogens with one attached hydrogen (secondary N) is 1. The lowest BCUT2D eigenvalue weighted by molar-refractivity contribution is -0.123. The van der Waals surface area contributed by atoms with Crippen LogP contribution in [0.1, 0.15) is 65.2 Å².